The summed E-state index contributed by atoms with van der Waals surface area (Å²) < 4.78 is 12.1. The van der Waals surface area contributed by atoms with Gasteiger partial charge in [0.2, 0.25) is 11.8 Å². The van der Waals surface area contributed by atoms with E-state index < -0.39 is 0 Å². The molecule has 3 amide bonds. The van der Waals surface area contributed by atoms with Crippen molar-refractivity contribution in [2.24, 2.45) is 5.92 Å². The first-order valence-electron chi connectivity index (χ1n) is 10.5. The Morgan fingerprint density at radius 2 is 1.97 bits per heavy atom. The number of carbonyl (C=O) groups excluding carboxylic acids is 3. The van der Waals surface area contributed by atoms with Crippen LogP contribution in [-0.2, 0) is 14.3 Å². The topological polar surface area (TPSA) is 88.2 Å². The Kier molecular flexibility index (Phi) is 5.69. The van der Waals surface area contributed by atoms with E-state index in [1.165, 1.54) is 0 Å². The van der Waals surface area contributed by atoms with Crippen molar-refractivity contribution in [1.82, 2.24) is 9.80 Å². The third-order valence-electron chi connectivity index (χ3n) is 6.13. The quantitative estimate of drug-likeness (QED) is 0.811. The molecule has 0 radical (unpaired) electrons. The summed E-state index contributed by atoms with van der Waals surface area (Å²) in [5.41, 5.74) is 1.05. The van der Waals surface area contributed by atoms with E-state index in [0.29, 0.717) is 36.4 Å². The number of amides is 3. The van der Waals surface area contributed by atoms with Crippen LogP contribution in [-0.4, -0.2) is 73.5 Å². The first-order chi connectivity index (χ1) is 14.3. The summed E-state index contributed by atoms with van der Waals surface area (Å²) in [6.45, 7) is 0.301. The van der Waals surface area contributed by atoms with Gasteiger partial charge in [-0.05, 0) is 43.9 Å². The number of rotatable bonds is 4. The number of nitrogens with zero attached hydrogens (tertiary/aromatic N) is 2. The SMILES string of the molecule is CN(C)C(=O)C[C@@H]1CC[C@H]2[C@H](COc3ccc(NC(=O)C4CC4)cc3C(=O)N2C)O1. The number of ether oxygens (including phenoxy) is 2. The Morgan fingerprint density at radius 3 is 2.67 bits per heavy atom. The van der Waals surface area contributed by atoms with Gasteiger partial charge in [0.25, 0.3) is 5.91 Å². The fourth-order valence-corrected chi connectivity index (χ4v) is 4.07. The molecule has 4 rings (SSSR count). The zero-order chi connectivity index (χ0) is 21.4. The van der Waals surface area contributed by atoms with Gasteiger partial charge in [0.15, 0.2) is 0 Å². The summed E-state index contributed by atoms with van der Waals surface area (Å²) in [6, 6.07) is 5.05. The van der Waals surface area contributed by atoms with E-state index in [0.717, 1.165) is 19.3 Å². The van der Waals surface area contributed by atoms with E-state index in [1.807, 2.05) is 0 Å². The number of anilines is 1. The molecule has 3 atom stereocenters. The smallest absolute Gasteiger partial charge is 0.257 e. The van der Waals surface area contributed by atoms with Gasteiger partial charge in [0.05, 0.1) is 24.1 Å². The second-order valence-electron chi connectivity index (χ2n) is 8.64. The molecule has 1 saturated carbocycles. The number of nitrogens with one attached hydrogen (secondary N) is 1. The van der Waals surface area contributed by atoms with Crippen molar-refractivity contribution in [3.8, 4) is 5.75 Å². The van der Waals surface area contributed by atoms with Crippen LogP contribution in [0.3, 0.4) is 0 Å². The van der Waals surface area contributed by atoms with Crippen LogP contribution in [0.1, 0.15) is 42.5 Å². The predicted octanol–water partition coefficient (Wildman–Crippen LogP) is 1.89. The van der Waals surface area contributed by atoms with Gasteiger partial charge >= 0.3 is 0 Å². The Bertz CT molecular complexity index is 851. The van der Waals surface area contributed by atoms with E-state index in [4.69, 9.17) is 9.47 Å². The molecule has 1 aromatic carbocycles. The molecule has 0 unspecified atom stereocenters. The molecule has 2 aliphatic heterocycles. The number of hydrogen-bond acceptors (Lipinski definition) is 5. The molecule has 3 aliphatic rings. The lowest BCUT2D eigenvalue weighted by Gasteiger charge is -2.42. The predicted molar refractivity (Wildman–Crippen MR) is 110 cm³/mol. The van der Waals surface area contributed by atoms with Crippen molar-refractivity contribution in [1.29, 1.82) is 0 Å². The van der Waals surface area contributed by atoms with Crippen molar-refractivity contribution in [2.75, 3.05) is 33.1 Å². The highest BCUT2D eigenvalue weighted by Crippen LogP contribution is 2.34. The average Bonchev–Trinajstić information content (AvgIpc) is 3.56. The van der Waals surface area contributed by atoms with E-state index >= 15 is 0 Å². The first-order valence-corrected chi connectivity index (χ1v) is 10.5. The van der Waals surface area contributed by atoms with Crippen molar-refractivity contribution in [3.63, 3.8) is 0 Å². The fraction of sp³-hybridized carbons (Fsp3) is 0.591. The zero-order valence-electron chi connectivity index (χ0n) is 17.7. The number of fused-ring (bicyclic) bond motifs is 2. The molecule has 0 bridgehead atoms. The lowest BCUT2D eigenvalue weighted by atomic mass is 9.94. The van der Waals surface area contributed by atoms with Gasteiger partial charge in [-0.3, -0.25) is 14.4 Å². The van der Waals surface area contributed by atoms with Crippen molar-refractivity contribution >= 4 is 23.4 Å². The Morgan fingerprint density at radius 1 is 1.20 bits per heavy atom. The van der Waals surface area contributed by atoms with Gasteiger partial charge in [-0.25, -0.2) is 0 Å². The number of hydrogen-bond donors (Lipinski definition) is 1. The van der Waals surface area contributed by atoms with E-state index in [2.05, 4.69) is 5.32 Å². The molecule has 162 valence electrons. The molecule has 1 saturated heterocycles. The molecule has 1 aromatic rings. The number of benzene rings is 1. The molecule has 8 heteroatoms. The van der Waals surface area contributed by atoms with Crippen LogP contribution >= 0.6 is 0 Å². The molecule has 8 nitrogen and oxygen atoms in total. The van der Waals surface area contributed by atoms with Crippen LogP contribution in [0.2, 0.25) is 0 Å². The normalized spacial score (nSPS) is 25.9. The summed E-state index contributed by atoms with van der Waals surface area (Å²) in [5, 5.41) is 2.89. The third-order valence-corrected chi connectivity index (χ3v) is 6.13. The number of likely N-dealkylation sites (N-methyl/N-ethyl adjacent to an activating group) is 1. The molecule has 30 heavy (non-hydrogen) atoms. The maximum atomic E-state index is 13.2. The van der Waals surface area contributed by atoms with Crippen LogP contribution in [0.15, 0.2) is 18.2 Å². The number of carbonyl (C=O) groups is 3. The standard InChI is InChI=1S/C22H29N3O5/c1-24(2)20(26)11-15-7-8-17-19(30-15)12-29-18-9-6-14(23-21(27)13-4-5-13)10-16(18)22(28)25(17)3/h6,9-10,13,15,17,19H,4-5,7-8,11-12H2,1-3H3,(H,23,27)/t15-,17-,19-/m0/s1. The van der Waals surface area contributed by atoms with Crippen LogP contribution in [0.25, 0.3) is 0 Å². The molecule has 1 N–H and O–H groups in total. The average molecular weight is 415 g/mol. The molecule has 0 aromatic heterocycles. The second-order valence-corrected chi connectivity index (χ2v) is 8.64. The van der Waals surface area contributed by atoms with Crippen LogP contribution < -0.4 is 10.1 Å². The highest BCUT2D eigenvalue weighted by Gasteiger charge is 2.39. The van der Waals surface area contributed by atoms with Gasteiger partial charge in [-0.15, -0.1) is 0 Å². The molecule has 2 heterocycles. The van der Waals surface area contributed by atoms with Gasteiger partial charge < -0.3 is 24.6 Å². The van der Waals surface area contributed by atoms with E-state index in [-0.39, 0.29) is 41.9 Å². The molecular formula is C22H29N3O5. The van der Waals surface area contributed by atoms with Crippen LogP contribution in [0.5, 0.6) is 5.75 Å². The van der Waals surface area contributed by atoms with Crippen molar-refractivity contribution in [2.45, 2.75) is 50.4 Å². The molecule has 1 aliphatic carbocycles. The van der Waals surface area contributed by atoms with Crippen molar-refractivity contribution in [3.05, 3.63) is 23.8 Å². The lowest BCUT2D eigenvalue weighted by Crippen LogP contribution is -2.53. The van der Waals surface area contributed by atoms with E-state index in [9.17, 15) is 14.4 Å². The van der Waals surface area contributed by atoms with Gasteiger partial charge in [-0.1, -0.05) is 0 Å². The summed E-state index contributed by atoms with van der Waals surface area (Å²) in [6.07, 6.45) is 3.16. The minimum atomic E-state index is -0.296. The lowest BCUT2D eigenvalue weighted by molar-refractivity contribution is -0.140. The fourth-order valence-electron chi connectivity index (χ4n) is 4.07. The van der Waals surface area contributed by atoms with Crippen molar-refractivity contribution < 1.29 is 23.9 Å². The van der Waals surface area contributed by atoms with Gasteiger partial charge in [-0.2, -0.15) is 0 Å². The Hall–Kier alpha value is -2.61. The van der Waals surface area contributed by atoms with E-state index in [1.54, 1.807) is 49.1 Å². The molecule has 2 fully saturated rings. The van der Waals surface area contributed by atoms with Gasteiger partial charge in [0, 0.05) is 32.7 Å². The minimum absolute atomic E-state index is 0.00146. The highest BCUT2D eigenvalue weighted by molar-refractivity contribution is 6.00. The summed E-state index contributed by atoms with van der Waals surface area (Å²) in [4.78, 5) is 40.6. The highest BCUT2D eigenvalue weighted by atomic mass is 16.5. The largest absolute Gasteiger partial charge is 0.490 e. The van der Waals surface area contributed by atoms with Crippen LogP contribution in [0.4, 0.5) is 5.69 Å². The monoisotopic (exact) mass is 415 g/mol. The maximum Gasteiger partial charge on any atom is 0.257 e. The Labute approximate surface area is 176 Å². The second kappa shape index (κ2) is 8.26. The third kappa shape index (κ3) is 4.28. The summed E-state index contributed by atoms with van der Waals surface area (Å²) in [7, 11) is 5.24. The molecule has 0 spiro atoms. The van der Waals surface area contributed by atoms with Crippen LogP contribution in [0, 0.1) is 5.92 Å². The summed E-state index contributed by atoms with van der Waals surface area (Å²) in [5.74, 6) is 0.440. The first kappa shape index (κ1) is 20.7. The zero-order valence-corrected chi connectivity index (χ0v) is 17.7. The molecular weight excluding hydrogens is 386 g/mol. The summed E-state index contributed by atoms with van der Waals surface area (Å²) >= 11 is 0. The minimum Gasteiger partial charge on any atom is -0.490 e. The maximum absolute atomic E-state index is 13.2. The van der Waals surface area contributed by atoms with Gasteiger partial charge in [0.1, 0.15) is 18.5 Å². The Balaban J connectivity index is 1.49.